The van der Waals surface area contributed by atoms with Crippen LogP contribution in [0.15, 0.2) is 114 Å². The molecule has 0 saturated heterocycles. The van der Waals surface area contributed by atoms with Crippen molar-refractivity contribution in [2.24, 2.45) is 0 Å². The molecule has 0 bridgehead atoms. The summed E-state index contributed by atoms with van der Waals surface area (Å²) < 4.78 is 29.5. The monoisotopic (exact) mass is 611 g/mol. The van der Waals surface area contributed by atoms with Gasteiger partial charge in [0.2, 0.25) is 11.8 Å². The summed E-state index contributed by atoms with van der Waals surface area (Å²) in [7, 11) is -4.13. The van der Waals surface area contributed by atoms with E-state index in [1.807, 2.05) is 93.6 Å². The third kappa shape index (κ3) is 8.35. The number of hydrogen-bond acceptors (Lipinski definition) is 4. The molecule has 7 nitrogen and oxygen atoms in total. The highest BCUT2D eigenvalue weighted by Gasteiger charge is 2.35. The Morgan fingerprint density at radius 2 is 1.36 bits per heavy atom. The molecule has 8 heteroatoms. The molecule has 0 aliphatic carbocycles. The number of nitrogens with one attached hydrogen (secondary N) is 1. The lowest BCUT2D eigenvalue weighted by Gasteiger charge is -2.34. The Morgan fingerprint density at radius 1 is 0.773 bits per heavy atom. The highest BCUT2D eigenvalue weighted by Crippen LogP contribution is 2.28. The molecule has 0 saturated carbocycles. The van der Waals surface area contributed by atoms with Gasteiger partial charge in [-0.05, 0) is 55.2 Å². The van der Waals surface area contributed by atoms with Crippen molar-refractivity contribution in [1.82, 2.24) is 10.2 Å². The second-order valence-corrected chi connectivity index (χ2v) is 12.8. The van der Waals surface area contributed by atoms with Crippen molar-refractivity contribution in [1.29, 1.82) is 0 Å². The number of amides is 2. The summed E-state index contributed by atoms with van der Waals surface area (Å²) in [5, 5.41) is 3.02. The molecule has 4 aromatic carbocycles. The minimum absolute atomic E-state index is 0.0897. The molecule has 0 radical (unpaired) electrons. The Morgan fingerprint density at radius 3 is 1.98 bits per heavy atom. The number of carbonyl (C=O) groups is 2. The Bertz CT molecular complexity index is 1630. The first-order valence-corrected chi connectivity index (χ1v) is 16.4. The SMILES string of the molecule is CCCCNC(=O)[C@@H](Cc1ccccc1)N(Cc1ccccc1)C(=O)CN(c1ccccc1C)S(=O)(=O)c1ccc(C)cc1. The number of aryl methyl sites for hydroxylation is 2. The van der Waals surface area contributed by atoms with Crippen LogP contribution in [0.1, 0.15) is 42.0 Å². The first-order valence-electron chi connectivity index (χ1n) is 15.0. The van der Waals surface area contributed by atoms with Crippen LogP contribution in [0.25, 0.3) is 0 Å². The van der Waals surface area contributed by atoms with Gasteiger partial charge in [-0.15, -0.1) is 0 Å². The van der Waals surface area contributed by atoms with E-state index in [4.69, 9.17) is 0 Å². The molecule has 4 rings (SSSR count). The van der Waals surface area contributed by atoms with E-state index in [1.165, 1.54) is 9.21 Å². The van der Waals surface area contributed by atoms with Crippen molar-refractivity contribution in [2.75, 3.05) is 17.4 Å². The molecule has 1 N–H and O–H groups in total. The van der Waals surface area contributed by atoms with Gasteiger partial charge in [0.05, 0.1) is 10.6 Å². The number of carbonyl (C=O) groups excluding carboxylic acids is 2. The number of sulfonamides is 1. The summed E-state index contributed by atoms with van der Waals surface area (Å²) in [6, 6.07) is 31.9. The first kappa shape index (κ1) is 32.5. The maximum absolute atomic E-state index is 14.5. The van der Waals surface area contributed by atoms with Crippen molar-refractivity contribution in [3.8, 4) is 0 Å². The fourth-order valence-corrected chi connectivity index (χ4v) is 6.51. The lowest BCUT2D eigenvalue weighted by atomic mass is 10.0. The molecule has 44 heavy (non-hydrogen) atoms. The summed E-state index contributed by atoms with van der Waals surface area (Å²) in [6.45, 7) is 5.92. The van der Waals surface area contributed by atoms with Crippen molar-refractivity contribution in [3.63, 3.8) is 0 Å². The Balaban J connectivity index is 1.78. The highest BCUT2D eigenvalue weighted by atomic mass is 32.2. The Kier molecular flexibility index (Phi) is 11.3. The van der Waals surface area contributed by atoms with Crippen LogP contribution in [0.3, 0.4) is 0 Å². The van der Waals surface area contributed by atoms with E-state index >= 15 is 0 Å². The fraction of sp³-hybridized carbons (Fsp3) is 0.278. The molecule has 0 unspecified atom stereocenters. The number of nitrogens with zero attached hydrogens (tertiary/aromatic N) is 2. The third-order valence-corrected chi connectivity index (χ3v) is 9.34. The van der Waals surface area contributed by atoms with Crippen molar-refractivity contribution in [2.45, 2.75) is 57.5 Å². The number of hydrogen-bond donors (Lipinski definition) is 1. The summed E-state index contributed by atoms with van der Waals surface area (Å²) in [5.41, 5.74) is 3.78. The molecule has 0 aliphatic heterocycles. The van der Waals surface area contributed by atoms with Crippen molar-refractivity contribution < 1.29 is 18.0 Å². The smallest absolute Gasteiger partial charge is 0.264 e. The lowest BCUT2D eigenvalue weighted by molar-refractivity contribution is -0.140. The summed E-state index contributed by atoms with van der Waals surface area (Å²) in [4.78, 5) is 29.9. The summed E-state index contributed by atoms with van der Waals surface area (Å²) in [6.07, 6.45) is 2.01. The van der Waals surface area contributed by atoms with Crippen LogP contribution >= 0.6 is 0 Å². The second kappa shape index (κ2) is 15.3. The number of rotatable bonds is 14. The standard InChI is InChI=1S/C36H41N3O4S/c1-4-5-24-37-36(41)34(25-30-15-8-6-9-16-30)38(26-31-17-10-7-11-18-31)35(40)27-39(33-19-13-12-14-29(33)3)44(42,43)32-22-20-28(2)21-23-32/h6-23,34H,4-5,24-27H2,1-3H3,(H,37,41)/t34-/m1/s1. The van der Waals surface area contributed by atoms with E-state index in [0.29, 0.717) is 17.8 Å². The zero-order valence-corrected chi connectivity index (χ0v) is 26.5. The van der Waals surface area contributed by atoms with Crippen LogP contribution in [0.5, 0.6) is 0 Å². The van der Waals surface area contributed by atoms with Gasteiger partial charge >= 0.3 is 0 Å². The van der Waals surface area contributed by atoms with Gasteiger partial charge in [-0.3, -0.25) is 13.9 Å². The van der Waals surface area contributed by atoms with Crippen LogP contribution in [-0.4, -0.2) is 44.3 Å². The fourth-order valence-electron chi connectivity index (χ4n) is 5.03. The molecule has 230 valence electrons. The second-order valence-electron chi connectivity index (χ2n) is 11.0. The molecule has 1 atom stereocenters. The zero-order chi connectivity index (χ0) is 31.5. The van der Waals surface area contributed by atoms with E-state index < -0.39 is 28.5 Å². The predicted molar refractivity (Wildman–Crippen MR) is 176 cm³/mol. The van der Waals surface area contributed by atoms with Gasteiger partial charge in [0.1, 0.15) is 12.6 Å². The average molecular weight is 612 g/mol. The Hall–Kier alpha value is -4.43. The van der Waals surface area contributed by atoms with Crippen LogP contribution in [0, 0.1) is 13.8 Å². The maximum Gasteiger partial charge on any atom is 0.264 e. The summed E-state index contributed by atoms with van der Waals surface area (Å²) >= 11 is 0. The topological polar surface area (TPSA) is 86.8 Å². The molecule has 0 aromatic heterocycles. The molecular formula is C36H41N3O4S. The van der Waals surface area contributed by atoms with Crippen LogP contribution in [0.2, 0.25) is 0 Å². The quantitative estimate of drug-likeness (QED) is 0.176. The van der Waals surface area contributed by atoms with Crippen molar-refractivity contribution in [3.05, 3.63) is 131 Å². The minimum Gasteiger partial charge on any atom is -0.354 e. The van der Waals surface area contributed by atoms with E-state index in [1.54, 1.807) is 36.4 Å². The van der Waals surface area contributed by atoms with Gasteiger partial charge in [0, 0.05) is 19.5 Å². The molecule has 0 heterocycles. The van der Waals surface area contributed by atoms with Gasteiger partial charge in [0.15, 0.2) is 0 Å². The number of anilines is 1. The van der Waals surface area contributed by atoms with Crippen molar-refractivity contribution >= 4 is 27.5 Å². The van der Waals surface area contributed by atoms with E-state index in [-0.39, 0.29) is 23.8 Å². The molecular weight excluding hydrogens is 570 g/mol. The molecule has 4 aromatic rings. The van der Waals surface area contributed by atoms with Crippen LogP contribution < -0.4 is 9.62 Å². The van der Waals surface area contributed by atoms with Crippen LogP contribution in [-0.2, 0) is 32.6 Å². The predicted octanol–water partition coefficient (Wildman–Crippen LogP) is 6.06. The van der Waals surface area contributed by atoms with Gasteiger partial charge in [0.25, 0.3) is 10.0 Å². The maximum atomic E-state index is 14.5. The van der Waals surface area contributed by atoms with E-state index in [2.05, 4.69) is 5.32 Å². The zero-order valence-electron chi connectivity index (χ0n) is 25.6. The molecule has 0 spiro atoms. The minimum atomic E-state index is -4.13. The summed E-state index contributed by atoms with van der Waals surface area (Å²) in [5.74, 6) is -0.741. The normalized spacial score (nSPS) is 11.9. The first-order chi connectivity index (χ1) is 21.2. The van der Waals surface area contributed by atoms with Gasteiger partial charge < -0.3 is 10.2 Å². The number of unbranched alkanes of at least 4 members (excludes halogenated alkanes) is 1. The van der Waals surface area contributed by atoms with Gasteiger partial charge in [-0.2, -0.15) is 0 Å². The lowest BCUT2D eigenvalue weighted by Crippen LogP contribution is -2.53. The number of para-hydroxylation sites is 1. The molecule has 0 aliphatic rings. The number of benzene rings is 4. The van der Waals surface area contributed by atoms with Gasteiger partial charge in [-0.1, -0.05) is 110 Å². The Labute approximate surface area is 261 Å². The molecule has 0 fully saturated rings. The largest absolute Gasteiger partial charge is 0.354 e. The van der Waals surface area contributed by atoms with Gasteiger partial charge in [-0.25, -0.2) is 8.42 Å². The highest BCUT2D eigenvalue weighted by molar-refractivity contribution is 7.92. The average Bonchev–Trinajstić information content (AvgIpc) is 3.03. The van der Waals surface area contributed by atoms with E-state index in [0.717, 1.165) is 29.5 Å². The molecule has 2 amide bonds. The third-order valence-electron chi connectivity index (χ3n) is 7.57. The van der Waals surface area contributed by atoms with Crippen LogP contribution in [0.4, 0.5) is 5.69 Å². The van der Waals surface area contributed by atoms with E-state index in [9.17, 15) is 18.0 Å².